The molecule has 0 radical (unpaired) electrons. The summed E-state index contributed by atoms with van der Waals surface area (Å²) in [4.78, 5) is 50.4. The van der Waals surface area contributed by atoms with Crippen LogP contribution in [0.1, 0.15) is 60.6 Å². The predicted octanol–water partition coefficient (Wildman–Crippen LogP) is 2.29. The van der Waals surface area contributed by atoms with E-state index >= 15 is 0 Å². The number of carbonyl (C=O) groups excluding carboxylic acids is 4. The van der Waals surface area contributed by atoms with Crippen molar-refractivity contribution < 1.29 is 72.8 Å². The number of nitrogens with one attached hydrogen (secondary N) is 3. The number of amides is 3. The summed E-state index contributed by atoms with van der Waals surface area (Å²) in [5, 5.41) is 5.39. The van der Waals surface area contributed by atoms with Crippen LogP contribution >= 0.6 is 0 Å². The van der Waals surface area contributed by atoms with Gasteiger partial charge in [-0.05, 0) is 62.1 Å². The van der Waals surface area contributed by atoms with Gasteiger partial charge in [-0.25, -0.2) is 23.1 Å². The fourth-order valence-corrected chi connectivity index (χ4v) is 5.45. The molecule has 260 valence electrons. The molecule has 0 aliphatic carbocycles. The molecule has 4 rings (SSSR count). The zero-order chi connectivity index (χ0) is 35.4. The summed E-state index contributed by atoms with van der Waals surface area (Å²) in [5.41, 5.74) is 1.25. The SMILES string of the molecule is CC(C)(C)OC(=O)NCCCNC(=O)c1ccc(-c2ccn(S(=O)(=O)NC(=O)OCc3ccccc3)c2C(=O)OCc2ccccc2)cc1.[H-].[Na+]. The number of nitrogens with zero attached hydrogens (tertiary/aromatic N) is 1. The molecule has 50 heavy (non-hydrogen) atoms. The van der Waals surface area contributed by atoms with Crippen molar-refractivity contribution in [3.05, 3.63) is 120 Å². The van der Waals surface area contributed by atoms with Gasteiger partial charge in [-0.2, -0.15) is 8.42 Å². The summed E-state index contributed by atoms with van der Waals surface area (Å²) < 4.78 is 44.9. The molecule has 15 heteroatoms. The van der Waals surface area contributed by atoms with Crippen LogP contribution in [-0.2, 0) is 37.6 Å². The third kappa shape index (κ3) is 12.1. The summed E-state index contributed by atoms with van der Waals surface area (Å²) in [6.45, 7) is 5.57. The van der Waals surface area contributed by atoms with Crippen molar-refractivity contribution in [1.29, 1.82) is 0 Å². The van der Waals surface area contributed by atoms with Crippen molar-refractivity contribution in [2.24, 2.45) is 0 Å². The standard InChI is InChI=1S/C35H38N4O9S.Na.H/c1-35(2,3)48-33(42)37-21-10-20-36-31(40)28-17-15-27(16-18-28)29-19-22-39(30(29)32(41)46-23-25-11-6-4-7-12-25)49(44,45)38-34(43)47-24-26-13-8-5-9-14-26;;/h4-9,11-19,22H,10,20-21,23-24H2,1-3H3,(H,36,40)(H,37,42)(H,38,43);;/q;+1;-1. The van der Waals surface area contributed by atoms with Gasteiger partial charge in [0.1, 0.15) is 18.8 Å². The van der Waals surface area contributed by atoms with Crippen LogP contribution in [0.3, 0.4) is 0 Å². The molecule has 0 aliphatic rings. The first-order valence-electron chi connectivity index (χ1n) is 15.3. The molecule has 13 nitrogen and oxygen atoms in total. The zero-order valence-corrected chi connectivity index (χ0v) is 31.1. The molecule has 0 spiro atoms. The van der Waals surface area contributed by atoms with Crippen molar-refractivity contribution in [2.45, 2.75) is 46.0 Å². The molecule has 0 bridgehead atoms. The van der Waals surface area contributed by atoms with Crippen LogP contribution in [0.2, 0.25) is 0 Å². The van der Waals surface area contributed by atoms with E-state index in [1.165, 1.54) is 18.2 Å². The molecule has 1 heterocycles. The maximum Gasteiger partial charge on any atom is 1.00 e. The van der Waals surface area contributed by atoms with Crippen LogP contribution in [0.15, 0.2) is 97.2 Å². The maximum absolute atomic E-state index is 13.4. The average molecular weight is 715 g/mol. The van der Waals surface area contributed by atoms with Crippen LogP contribution in [0.4, 0.5) is 9.59 Å². The maximum atomic E-state index is 13.4. The molecule has 0 unspecified atom stereocenters. The van der Waals surface area contributed by atoms with E-state index in [4.69, 9.17) is 14.2 Å². The van der Waals surface area contributed by atoms with Crippen LogP contribution < -0.4 is 44.9 Å². The fraction of sp³-hybridized carbons (Fsp3) is 0.257. The van der Waals surface area contributed by atoms with E-state index in [9.17, 15) is 27.6 Å². The Labute approximate surface area is 314 Å². The Kier molecular flexibility index (Phi) is 14.6. The van der Waals surface area contributed by atoms with E-state index in [2.05, 4.69) is 10.6 Å². The van der Waals surface area contributed by atoms with E-state index in [-0.39, 0.29) is 67.9 Å². The van der Waals surface area contributed by atoms with Gasteiger partial charge in [-0.15, -0.1) is 0 Å². The molecular weight excluding hydrogens is 675 g/mol. The number of hydrogen-bond donors (Lipinski definition) is 3. The third-order valence-corrected chi connectivity index (χ3v) is 7.95. The summed E-state index contributed by atoms with van der Waals surface area (Å²) in [6, 6.07) is 25.1. The number of esters is 1. The van der Waals surface area contributed by atoms with Gasteiger partial charge in [0.25, 0.3) is 5.91 Å². The van der Waals surface area contributed by atoms with Crippen molar-refractivity contribution in [3.63, 3.8) is 0 Å². The van der Waals surface area contributed by atoms with E-state index in [1.807, 2.05) is 4.72 Å². The summed E-state index contributed by atoms with van der Waals surface area (Å²) in [7, 11) is -4.67. The van der Waals surface area contributed by atoms with E-state index in [0.29, 0.717) is 39.2 Å². The number of alkyl carbamates (subject to hydrolysis) is 1. The number of ether oxygens (including phenoxy) is 3. The molecule has 0 fully saturated rings. The van der Waals surface area contributed by atoms with E-state index in [0.717, 1.165) is 6.20 Å². The first-order chi connectivity index (χ1) is 23.3. The average Bonchev–Trinajstić information content (AvgIpc) is 3.53. The molecule has 3 N–H and O–H groups in total. The quantitative estimate of drug-likeness (QED) is 0.0814. The van der Waals surface area contributed by atoms with Gasteiger partial charge in [0.05, 0.1) is 0 Å². The Morgan fingerprint density at radius 1 is 0.740 bits per heavy atom. The first kappa shape index (κ1) is 39.8. The van der Waals surface area contributed by atoms with Gasteiger partial charge in [0.15, 0.2) is 5.69 Å². The molecule has 0 aliphatic heterocycles. The number of aromatic nitrogens is 1. The number of rotatable bonds is 13. The van der Waals surface area contributed by atoms with Crippen LogP contribution in [0, 0.1) is 0 Å². The van der Waals surface area contributed by atoms with Gasteiger partial charge in [-0.3, -0.25) is 4.79 Å². The third-order valence-electron chi connectivity index (χ3n) is 6.71. The summed E-state index contributed by atoms with van der Waals surface area (Å²) in [5.74, 6) is -1.33. The Bertz CT molecular complexity index is 1870. The van der Waals surface area contributed by atoms with Gasteiger partial charge >= 0.3 is 57.9 Å². The van der Waals surface area contributed by atoms with Crippen molar-refractivity contribution in [2.75, 3.05) is 13.1 Å². The smallest absolute Gasteiger partial charge is 1.00 e. The summed E-state index contributed by atoms with van der Waals surface area (Å²) >= 11 is 0. The Morgan fingerprint density at radius 3 is 1.88 bits per heavy atom. The molecule has 3 aromatic carbocycles. The largest absolute Gasteiger partial charge is 1.00 e. The second kappa shape index (κ2) is 18.4. The van der Waals surface area contributed by atoms with Crippen molar-refractivity contribution >= 4 is 34.3 Å². The Morgan fingerprint density at radius 2 is 1.30 bits per heavy atom. The normalized spacial score (nSPS) is 11.0. The molecule has 0 saturated carbocycles. The molecule has 3 amide bonds. The first-order valence-corrected chi connectivity index (χ1v) is 16.8. The topological polar surface area (TPSA) is 171 Å². The predicted molar refractivity (Wildman–Crippen MR) is 182 cm³/mol. The second-order valence-corrected chi connectivity index (χ2v) is 13.3. The molecule has 0 saturated heterocycles. The number of hydrogen-bond acceptors (Lipinski definition) is 9. The summed E-state index contributed by atoms with van der Waals surface area (Å²) in [6.07, 6.45) is -0.197. The second-order valence-electron chi connectivity index (χ2n) is 11.7. The molecule has 4 aromatic rings. The van der Waals surface area contributed by atoms with Crippen molar-refractivity contribution in [3.8, 4) is 11.1 Å². The Hall–Kier alpha value is -4.63. The van der Waals surface area contributed by atoms with Crippen LogP contribution in [0.5, 0.6) is 0 Å². The minimum Gasteiger partial charge on any atom is -1.00 e. The van der Waals surface area contributed by atoms with Gasteiger partial charge in [0.2, 0.25) is 0 Å². The van der Waals surface area contributed by atoms with Gasteiger partial charge < -0.3 is 26.3 Å². The number of benzene rings is 3. The Balaban J connectivity index is 0.00000451. The minimum absolute atomic E-state index is 0. The minimum atomic E-state index is -4.67. The van der Waals surface area contributed by atoms with E-state index < -0.39 is 34.0 Å². The van der Waals surface area contributed by atoms with Gasteiger partial charge in [0, 0.05) is 30.4 Å². The molecule has 0 atom stereocenters. The van der Waals surface area contributed by atoms with E-state index in [1.54, 1.807) is 93.6 Å². The van der Waals surface area contributed by atoms with Crippen molar-refractivity contribution in [1.82, 2.24) is 19.3 Å². The van der Waals surface area contributed by atoms with Crippen LogP contribution in [0.25, 0.3) is 11.1 Å². The van der Waals surface area contributed by atoms with Gasteiger partial charge in [-0.1, -0.05) is 72.8 Å². The number of carbonyl (C=O) groups is 4. The zero-order valence-electron chi connectivity index (χ0n) is 29.3. The van der Waals surface area contributed by atoms with Crippen LogP contribution in [-0.4, -0.2) is 55.1 Å². The molecule has 1 aromatic heterocycles. The molecular formula is C35H39N4NaO9S. The monoisotopic (exact) mass is 714 g/mol. The fourth-order valence-electron chi connectivity index (χ4n) is 4.44.